The van der Waals surface area contributed by atoms with Crippen molar-refractivity contribution in [2.24, 2.45) is 0 Å². The number of hydrogen-bond acceptors (Lipinski definition) is 14. The number of unbranched alkanes of at least 4 members (excludes halogenated alkanes) is 37. The summed E-state index contributed by atoms with van der Waals surface area (Å²) in [6, 6.07) is 0. The van der Waals surface area contributed by atoms with Gasteiger partial charge in [-0.3, -0.25) is 32.5 Å². The predicted molar refractivity (Wildman–Crippen MR) is 482 cm³/mol. The second-order valence-electron chi connectivity index (χ2n) is 30.4. The molecule has 0 saturated heterocycles. The lowest BCUT2D eigenvalue weighted by Crippen LogP contribution is -2.30. The average Bonchev–Trinajstić information content (AvgIpc) is 0.898. The van der Waals surface area contributed by atoms with Gasteiger partial charge >= 0.3 is 33.6 Å². The maximum absolute atomic E-state index is 13.1. The maximum Gasteiger partial charge on any atom is 0.472 e. The summed E-state index contributed by atoms with van der Waals surface area (Å²) in [5.74, 6) is -1.59. The van der Waals surface area contributed by atoms with Crippen LogP contribution in [0.15, 0.2) is 158 Å². The van der Waals surface area contributed by atoms with Crippen LogP contribution in [0.3, 0.4) is 0 Å². The van der Waals surface area contributed by atoms with Crippen LogP contribution in [0.25, 0.3) is 0 Å². The van der Waals surface area contributed by atoms with Crippen LogP contribution in [0.2, 0.25) is 0 Å². The zero-order valence-corrected chi connectivity index (χ0v) is 74.5. The average molecular weight is 1650 g/mol. The number of allylic oxidation sites excluding steroid dienone is 26. The number of ether oxygens (including phenoxy) is 3. The second-order valence-corrected chi connectivity index (χ2v) is 33.3. The number of esters is 3. The normalized spacial score (nSPS) is 14.5. The first kappa shape index (κ1) is 110. The SMILES string of the molecule is CC/C=C\C/C=C\C/C=C\C/C=C\C/C=C\CCCCCCCCCC(=O)OC(COC(=O)CCCCCCCCCCCCC/C=C\C/C=C\C/C=C\C/C=C\CCCCC)COP(=O)(O)OCC(O)COP(=O)(O)OCC(O)COC(=O)CCCCCCCCCCCCCCC/C=C\C/C=C\C/C=C\C/C=C\CCCCC. The van der Waals surface area contributed by atoms with Crippen molar-refractivity contribution in [2.45, 2.75) is 399 Å². The van der Waals surface area contributed by atoms with Crippen molar-refractivity contribution >= 4 is 33.6 Å². The van der Waals surface area contributed by atoms with Crippen molar-refractivity contribution in [3.63, 3.8) is 0 Å². The molecule has 0 aromatic carbocycles. The van der Waals surface area contributed by atoms with E-state index in [-0.39, 0.29) is 19.3 Å². The van der Waals surface area contributed by atoms with E-state index in [1.807, 2.05) is 0 Å². The van der Waals surface area contributed by atoms with Crippen LogP contribution >= 0.6 is 15.6 Å². The Bertz CT molecular complexity index is 2720. The Morgan fingerprint density at radius 3 is 0.730 bits per heavy atom. The van der Waals surface area contributed by atoms with E-state index in [4.69, 9.17) is 32.3 Å². The molecule has 0 aliphatic rings. The molecule has 0 bridgehead atoms. The fourth-order valence-corrected chi connectivity index (χ4v) is 13.9. The number of phosphoric acid groups is 2. The third-order valence-corrected chi connectivity index (χ3v) is 21.1. The van der Waals surface area contributed by atoms with E-state index in [1.165, 1.54) is 148 Å². The molecule has 0 heterocycles. The molecule has 5 atom stereocenters. The van der Waals surface area contributed by atoms with Gasteiger partial charge in [-0.2, -0.15) is 0 Å². The maximum atomic E-state index is 13.1. The Kier molecular flexibility index (Phi) is 84.7. The van der Waals surface area contributed by atoms with Crippen LogP contribution < -0.4 is 0 Å². The smallest absolute Gasteiger partial charge is 0.463 e. The lowest BCUT2D eigenvalue weighted by Gasteiger charge is -2.21. The van der Waals surface area contributed by atoms with Crippen molar-refractivity contribution < 1.29 is 75.8 Å². The lowest BCUT2D eigenvalue weighted by molar-refractivity contribution is -0.161. The van der Waals surface area contributed by atoms with Crippen molar-refractivity contribution in [3.8, 4) is 0 Å². The molecule has 5 unspecified atom stereocenters. The van der Waals surface area contributed by atoms with E-state index in [2.05, 4.69) is 179 Å². The van der Waals surface area contributed by atoms with E-state index in [1.54, 1.807) is 0 Å². The molecule has 660 valence electrons. The summed E-state index contributed by atoms with van der Waals surface area (Å²) < 4.78 is 61.5. The number of hydrogen-bond donors (Lipinski definition) is 4. The molecule has 0 aromatic heterocycles. The summed E-state index contributed by atoms with van der Waals surface area (Å²) >= 11 is 0. The van der Waals surface area contributed by atoms with Crippen LogP contribution in [-0.2, 0) is 55.8 Å². The van der Waals surface area contributed by atoms with Crippen LogP contribution in [0.1, 0.15) is 380 Å². The fraction of sp³-hybridized carbons (Fsp3) is 0.701. The first-order valence-corrected chi connectivity index (χ1v) is 48.8. The van der Waals surface area contributed by atoms with E-state index in [0.717, 1.165) is 173 Å². The number of aliphatic hydroxyl groups is 2. The summed E-state index contributed by atoms with van der Waals surface area (Å²) in [7, 11) is -9.82. The molecule has 16 nitrogen and oxygen atoms in total. The summed E-state index contributed by atoms with van der Waals surface area (Å²) in [6.07, 6.45) is 113. The van der Waals surface area contributed by atoms with Gasteiger partial charge in [-0.15, -0.1) is 0 Å². The van der Waals surface area contributed by atoms with Crippen LogP contribution in [-0.4, -0.2) is 95.9 Å². The molecule has 18 heteroatoms. The fourth-order valence-electron chi connectivity index (χ4n) is 12.3. The monoisotopic (exact) mass is 1650 g/mol. The minimum Gasteiger partial charge on any atom is -0.463 e. The Labute approximate surface area is 701 Å². The van der Waals surface area contributed by atoms with Crippen molar-refractivity contribution in [3.05, 3.63) is 158 Å². The standard InChI is InChI=1S/C97H166O16P2/c1-4-7-10-13-16-19-22-25-28-31-34-37-40-42-44-45-47-49-51-53-56-59-62-65-68-71-74-77-80-83-95(100)107-86-92(98)87-109-114(103,104)110-88-93(99)89-111-115(105,106)112-91-94(113-97(102)85-82-79-76-73-70-67-64-61-58-55-50-39-36-33-30-27-24-21-18-15-12-9-6-3)90-108-96(101)84-81-78-75-72-69-66-63-60-57-54-52-48-46-43-41-38-35-32-29-26-23-20-17-14-11-8-5-2/h9,12,16-21,25-30,34-39,42-44,46,55,58,92-94,98-99H,4-8,10-11,13-15,22-24,31-33,40-41,45,47-54,56-57,59-91H2,1-3H3,(H,103,104)(H,105,106)/b12-9-,19-16-,20-17-,21-18-,28-25-,29-26-,30-27-,37-34-,38-35-,39-36-,44-42-,46-43-,58-55-. The zero-order chi connectivity index (χ0) is 83.6. The molecule has 0 aliphatic heterocycles. The largest absolute Gasteiger partial charge is 0.472 e. The Balaban J connectivity index is 4.65. The summed E-state index contributed by atoms with van der Waals surface area (Å²) in [6.45, 7) is 2.54. The molecule has 0 saturated carbocycles. The molecule has 0 aromatic rings. The van der Waals surface area contributed by atoms with Crippen LogP contribution in [0.5, 0.6) is 0 Å². The quantitative estimate of drug-likeness (QED) is 0.0146. The van der Waals surface area contributed by atoms with Crippen molar-refractivity contribution in [2.75, 3.05) is 39.6 Å². The lowest BCUT2D eigenvalue weighted by atomic mass is 10.0. The number of aliphatic hydroxyl groups excluding tert-OH is 2. The van der Waals surface area contributed by atoms with E-state index >= 15 is 0 Å². The van der Waals surface area contributed by atoms with Gasteiger partial charge in [0.1, 0.15) is 25.4 Å². The zero-order valence-electron chi connectivity index (χ0n) is 72.7. The highest BCUT2D eigenvalue weighted by molar-refractivity contribution is 7.47. The Morgan fingerprint density at radius 2 is 0.461 bits per heavy atom. The summed E-state index contributed by atoms with van der Waals surface area (Å²) in [5.41, 5.74) is 0. The molecule has 4 N–H and O–H groups in total. The van der Waals surface area contributed by atoms with E-state index in [0.29, 0.717) is 19.3 Å². The topological polar surface area (TPSA) is 231 Å². The molecule has 0 fully saturated rings. The minimum absolute atomic E-state index is 0.0867. The van der Waals surface area contributed by atoms with E-state index in [9.17, 15) is 43.5 Å². The first-order chi connectivity index (χ1) is 56.2. The van der Waals surface area contributed by atoms with Gasteiger partial charge in [0.15, 0.2) is 6.10 Å². The van der Waals surface area contributed by atoms with Gasteiger partial charge in [0, 0.05) is 19.3 Å². The van der Waals surface area contributed by atoms with E-state index < -0.39 is 91.5 Å². The summed E-state index contributed by atoms with van der Waals surface area (Å²) in [5, 5.41) is 20.7. The first-order valence-electron chi connectivity index (χ1n) is 45.8. The summed E-state index contributed by atoms with van der Waals surface area (Å²) in [4.78, 5) is 59.0. The molecule has 0 spiro atoms. The van der Waals surface area contributed by atoms with Crippen LogP contribution in [0.4, 0.5) is 0 Å². The van der Waals surface area contributed by atoms with Gasteiger partial charge in [-0.25, -0.2) is 9.13 Å². The Hall–Kier alpha value is -4.83. The number of rotatable bonds is 86. The molecule has 0 aliphatic carbocycles. The van der Waals surface area contributed by atoms with Crippen molar-refractivity contribution in [1.29, 1.82) is 0 Å². The molecular formula is C97H166O16P2. The van der Waals surface area contributed by atoms with Gasteiger partial charge in [0.05, 0.1) is 26.4 Å². The number of phosphoric ester groups is 2. The molecular weight excluding hydrogens is 1480 g/mol. The second kappa shape index (κ2) is 88.5. The highest BCUT2D eigenvalue weighted by atomic mass is 31.2. The van der Waals surface area contributed by atoms with Gasteiger partial charge in [0.25, 0.3) is 0 Å². The number of carbonyl (C=O) groups is 3. The van der Waals surface area contributed by atoms with Crippen molar-refractivity contribution in [1.82, 2.24) is 0 Å². The highest BCUT2D eigenvalue weighted by Crippen LogP contribution is 2.45. The van der Waals surface area contributed by atoms with Gasteiger partial charge < -0.3 is 34.2 Å². The highest BCUT2D eigenvalue weighted by Gasteiger charge is 2.29. The van der Waals surface area contributed by atoms with Gasteiger partial charge in [-0.1, -0.05) is 365 Å². The third-order valence-electron chi connectivity index (χ3n) is 19.2. The van der Waals surface area contributed by atoms with Gasteiger partial charge in [-0.05, 0) is 154 Å². The molecule has 0 rings (SSSR count). The molecule has 0 amide bonds. The number of carbonyl (C=O) groups excluding carboxylic acids is 3. The van der Waals surface area contributed by atoms with Gasteiger partial charge in [0.2, 0.25) is 0 Å². The van der Waals surface area contributed by atoms with Crippen LogP contribution in [0, 0.1) is 0 Å². The molecule has 115 heavy (non-hydrogen) atoms. The molecule has 0 radical (unpaired) electrons. The predicted octanol–water partition coefficient (Wildman–Crippen LogP) is 28.1. The Morgan fingerprint density at radius 1 is 0.252 bits per heavy atom. The third kappa shape index (κ3) is 89.8. The minimum atomic E-state index is -4.95.